The molecule has 0 aliphatic heterocycles. The summed E-state index contributed by atoms with van der Waals surface area (Å²) in [6, 6.07) is 16.1. The number of aliphatic carboxylic acids is 1. The number of ether oxygens (including phenoxy) is 2. The topological polar surface area (TPSA) is 81.8 Å². The molecule has 170 valence electrons. The summed E-state index contributed by atoms with van der Waals surface area (Å²) >= 11 is 12.6. The van der Waals surface area contributed by atoms with Gasteiger partial charge in [-0.05, 0) is 73.5 Å². The van der Waals surface area contributed by atoms with Crippen molar-refractivity contribution in [3.05, 3.63) is 70.2 Å². The standard InChI is InChI=1S/C25H21Cl2NO5/c1-3-4-15-13-18(32-17-7-5-16(26)6-8-17)9-10-19(15)24-22-20(33-28-24)11-12-21(23(22)27)31-14(2)25(29)30/h5-14H,3-4H2,1-2H3,(H,29,30)/t14-/m0/s1. The van der Waals surface area contributed by atoms with Crippen LogP contribution in [0.15, 0.2) is 59.1 Å². The van der Waals surface area contributed by atoms with Gasteiger partial charge in [0, 0.05) is 10.6 Å². The second-order valence-electron chi connectivity index (χ2n) is 7.51. The number of aromatic nitrogens is 1. The number of rotatable bonds is 8. The van der Waals surface area contributed by atoms with E-state index in [1.54, 1.807) is 36.4 Å². The van der Waals surface area contributed by atoms with Crippen LogP contribution in [0.1, 0.15) is 25.8 Å². The molecule has 3 aromatic carbocycles. The van der Waals surface area contributed by atoms with E-state index in [-0.39, 0.29) is 10.8 Å². The molecule has 4 rings (SSSR count). The highest BCUT2D eigenvalue weighted by Crippen LogP contribution is 2.41. The Labute approximate surface area is 200 Å². The van der Waals surface area contributed by atoms with Crippen molar-refractivity contribution in [1.29, 1.82) is 0 Å². The number of benzene rings is 3. The third-order valence-corrected chi connectivity index (χ3v) is 5.72. The van der Waals surface area contributed by atoms with Crippen LogP contribution in [-0.2, 0) is 11.2 Å². The summed E-state index contributed by atoms with van der Waals surface area (Å²) in [5.74, 6) is 0.531. The van der Waals surface area contributed by atoms with Crippen LogP contribution in [0.3, 0.4) is 0 Å². The number of halogens is 2. The molecule has 1 aromatic heterocycles. The van der Waals surface area contributed by atoms with E-state index in [0.29, 0.717) is 33.2 Å². The van der Waals surface area contributed by atoms with Crippen LogP contribution in [0.2, 0.25) is 10.0 Å². The largest absolute Gasteiger partial charge is 0.479 e. The summed E-state index contributed by atoms with van der Waals surface area (Å²) < 4.78 is 17.0. The number of carbonyl (C=O) groups is 1. The molecule has 33 heavy (non-hydrogen) atoms. The molecule has 0 aliphatic carbocycles. The van der Waals surface area contributed by atoms with Crippen molar-refractivity contribution >= 4 is 40.1 Å². The number of fused-ring (bicyclic) bond motifs is 1. The first-order valence-electron chi connectivity index (χ1n) is 10.4. The van der Waals surface area contributed by atoms with E-state index in [9.17, 15) is 4.79 Å². The fourth-order valence-corrected chi connectivity index (χ4v) is 3.89. The molecular formula is C25H21Cl2NO5. The van der Waals surface area contributed by atoms with Crippen LogP contribution in [0.25, 0.3) is 22.2 Å². The summed E-state index contributed by atoms with van der Waals surface area (Å²) in [6.07, 6.45) is 0.639. The van der Waals surface area contributed by atoms with Crippen LogP contribution in [0.5, 0.6) is 17.2 Å². The maximum absolute atomic E-state index is 11.2. The predicted molar refractivity (Wildman–Crippen MR) is 128 cm³/mol. The molecule has 0 saturated heterocycles. The van der Waals surface area contributed by atoms with Crippen molar-refractivity contribution < 1.29 is 23.9 Å². The van der Waals surface area contributed by atoms with E-state index in [0.717, 1.165) is 24.0 Å². The van der Waals surface area contributed by atoms with Gasteiger partial charge in [0.25, 0.3) is 0 Å². The average Bonchev–Trinajstić information content (AvgIpc) is 3.22. The van der Waals surface area contributed by atoms with E-state index in [1.807, 2.05) is 18.2 Å². The van der Waals surface area contributed by atoms with Crippen molar-refractivity contribution in [2.24, 2.45) is 0 Å². The minimum absolute atomic E-state index is 0.251. The third-order valence-electron chi connectivity index (χ3n) is 5.09. The second kappa shape index (κ2) is 9.73. The lowest BCUT2D eigenvalue weighted by atomic mass is 9.98. The van der Waals surface area contributed by atoms with Crippen LogP contribution in [0, 0.1) is 0 Å². The van der Waals surface area contributed by atoms with Crippen molar-refractivity contribution in [2.45, 2.75) is 32.8 Å². The normalized spacial score (nSPS) is 12.0. The minimum atomic E-state index is -1.08. The molecule has 6 nitrogen and oxygen atoms in total. The van der Waals surface area contributed by atoms with Crippen LogP contribution >= 0.6 is 23.2 Å². The van der Waals surface area contributed by atoms with E-state index in [4.69, 9.17) is 42.3 Å². The molecule has 0 saturated carbocycles. The van der Waals surface area contributed by atoms with E-state index in [1.165, 1.54) is 6.92 Å². The number of aryl methyl sites for hydroxylation is 1. The molecular weight excluding hydrogens is 465 g/mol. The second-order valence-corrected chi connectivity index (χ2v) is 8.32. The Kier molecular flexibility index (Phi) is 6.77. The van der Waals surface area contributed by atoms with Gasteiger partial charge in [0.05, 0.1) is 10.4 Å². The average molecular weight is 486 g/mol. The fourth-order valence-electron chi connectivity index (χ4n) is 3.47. The quantitative estimate of drug-likeness (QED) is 0.280. The Morgan fingerprint density at radius 3 is 2.52 bits per heavy atom. The SMILES string of the molecule is CCCc1cc(Oc2ccc(Cl)cc2)ccc1-c1noc2ccc(O[C@@H](C)C(=O)O)c(Cl)c12. The van der Waals surface area contributed by atoms with Crippen molar-refractivity contribution in [3.8, 4) is 28.5 Å². The van der Waals surface area contributed by atoms with Gasteiger partial charge in [-0.1, -0.05) is 41.7 Å². The Balaban J connectivity index is 1.74. The minimum Gasteiger partial charge on any atom is -0.479 e. The van der Waals surface area contributed by atoms with Gasteiger partial charge >= 0.3 is 5.97 Å². The Bertz CT molecular complexity index is 1300. The molecule has 4 aromatic rings. The van der Waals surface area contributed by atoms with Gasteiger partial charge in [0.2, 0.25) is 0 Å². The van der Waals surface area contributed by atoms with E-state index in [2.05, 4.69) is 12.1 Å². The summed E-state index contributed by atoms with van der Waals surface area (Å²) in [7, 11) is 0. The zero-order valence-corrected chi connectivity index (χ0v) is 19.5. The maximum Gasteiger partial charge on any atom is 0.344 e. The van der Waals surface area contributed by atoms with Gasteiger partial charge in [-0.3, -0.25) is 0 Å². The maximum atomic E-state index is 11.2. The first kappa shape index (κ1) is 23.0. The molecule has 1 atom stereocenters. The Morgan fingerprint density at radius 2 is 1.82 bits per heavy atom. The molecule has 1 heterocycles. The highest BCUT2D eigenvalue weighted by molar-refractivity contribution is 6.37. The molecule has 0 bridgehead atoms. The van der Waals surface area contributed by atoms with Crippen molar-refractivity contribution in [3.63, 3.8) is 0 Å². The zero-order chi connectivity index (χ0) is 23.5. The molecule has 0 amide bonds. The van der Waals surface area contributed by atoms with E-state index < -0.39 is 12.1 Å². The highest BCUT2D eigenvalue weighted by Gasteiger charge is 2.22. The lowest BCUT2D eigenvalue weighted by Crippen LogP contribution is -2.22. The summed E-state index contributed by atoms with van der Waals surface area (Å²) in [5, 5.41) is 14.9. The zero-order valence-electron chi connectivity index (χ0n) is 18.0. The molecule has 1 N–H and O–H groups in total. The lowest BCUT2D eigenvalue weighted by molar-refractivity contribution is -0.144. The van der Waals surface area contributed by atoms with Crippen molar-refractivity contribution in [1.82, 2.24) is 5.16 Å². The molecule has 0 fully saturated rings. The van der Waals surface area contributed by atoms with Gasteiger partial charge in [-0.15, -0.1) is 0 Å². The van der Waals surface area contributed by atoms with Crippen molar-refractivity contribution in [2.75, 3.05) is 0 Å². The van der Waals surface area contributed by atoms with Crippen LogP contribution in [0.4, 0.5) is 0 Å². The van der Waals surface area contributed by atoms with E-state index >= 15 is 0 Å². The smallest absolute Gasteiger partial charge is 0.344 e. The van der Waals surface area contributed by atoms with Crippen LogP contribution < -0.4 is 9.47 Å². The van der Waals surface area contributed by atoms with Gasteiger partial charge in [0.15, 0.2) is 11.7 Å². The molecule has 0 unspecified atom stereocenters. The monoisotopic (exact) mass is 485 g/mol. The molecule has 0 radical (unpaired) electrons. The molecule has 0 aliphatic rings. The molecule has 8 heteroatoms. The van der Waals surface area contributed by atoms with Gasteiger partial charge in [-0.2, -0.15) is 0 Å². The number of carboxylic acid groups (broad SMARTS) is 1. The number of nitrogens with zero attached hydrogens (tertiary/aromatic N) is 1. The first-order valence-corrected chi connectivity index (χ1v) is 11.2. The highest BCUT2D eigenvalue weighted by atomic mass is 35.5. The predicted octanol–water partition coefficient (Wildman–Crippen LogP) is 7.40. The van der Waals surface area contributed by atoms with Gasteiger partial charge in [-0.25, -0.2) is 4.79 Å². The Hall–Kier alpha value is -3.22. The number of carboxylic acids is 1. The van der Waals surface area contributed by atoms with Crippen LogP contribution in [-0.4, -0.2) is 22.3 Å². The number of hydrogen-bond acceptors (Lipinski definition) is 5. The fraction of sp³-hybridized carbons (Fsp3) is 0.200. The summed E-state index contributed by atoms with van der Waals surface area (Å²) in [6.45, 7) is 3.53. The lowest BCUT2D eigenvalue weighted by Gasteiger charge is -2.13. The number of hydrogen-bond donors (Lipinski definition) is 1. The third kappa shape index (κ3) is 4.92. The first-order chi connectivity index (χ1) is 15.9. The summed E-state index contributed by atoms with van der Waals surface area (Å²) in [4.78, 5) is 11.2. The summed E-state index contributed by atoms with van der Waals surface area (Å²) in [5.41, 5.74) is 2.91. The Morgan fingerprint density at radius 1 is 1.09 bits per heavy atom. The molecule has 0 spiro atoms. The van der Waals surface area contributed by atoms with Gasteiger partial charge in [0.1, 0.15) is 22.9 Å². The van der Waals surface area contributed by atoms with Gasteiger partial charge < -0.3 is 19.1 Å².